The smallest absolute Gasteiger partial charge is 0.323 e. The molecule has 6 heteroatoms. The summed E-state index contributed by atoms with van der Waals surface area (Å²) in [4.78, 5) is 11.4. The summed E-state index contributed by atoms with van der Waals surface area (Å²) in [6, 6.07) is 20.9. The van der Waals surface area contributed by atoms with Crippen LogP contribution in [0.3, 0.4) is 0 Å². The van der Waals surface area contributed by atoms with Crippen LogP contribution in [0.5, 0.6) is 11.5 Å². The molecular formula is C25H19FN2O3. The van der Waals surface area contributed by atoms with Crippen LogP contribution >= 0.6 is 0 Å². The van der Waals surface area contributed by atoms with E-state index in [1.54, 1.807) is 34.9 Å². The molecule has 1 aromatic heterocycles. The summed E-state index contributed by atoms with van der Waals surface area (Å²) < 4.78 is 21.8. The van der Waals surface area contributed by atoms with Crippen LogP contribution < -0.4 is 4.74 Å². The van der Waals surface area contributed by atoms with E-state index >= 15 is 0 Å². The van der Waals surface area contributed by atoms with Gasteiger partial charge in [0, 0.05) is 23.0 Å². The van der Waals surface area contributed by atoms with Gasteiger partial charge in [0.15, 0.2) is 0 Å². The second-order valence-electron chi connectivity index (χ2n) is 7.20. The van der Waals surface area contributed by atoms with Crippen molar-refractivity contribution in [3.8, 4) is 17.6 Å². The van der Waals surface area contributed by atoms with E-state index in [4.69, 9.17) is 4.74 Å². The van der Waals surface area contributed by atoms with Gasteiger partial charge < -0.3 is 14.4 Å². The zero-order valence-electron chi connectivity index (χ0n) is 16.8. The minimum Gasteiger partial charge on any atom is -0.480 e. The number of aliphatic carboxylic acids is 1. The Hall–Kier alpha value is -4.11. The van der Waals surface area contributed by atoms with Gasteiger partial charge in [0.2, 0.25) is 0 Å². The van der Waals surface area contributed by atoms with Crippen LogP contribution in [0.4, 0.5) is 4.39 Å². The van der Waals surface area contributed by atoms with Gasteiger partial charge in [-0.3, -0.25) is 4.79 Å². The number of ether oxygens (including phenoxy) is 1. The van der Waals surface area contributed by atoms with Crippen molar-refractivity contribution < 1.29 is 19.0 Å². The first kappa shape index (κ1) is 20.2. The number of para-hydroxylation sites is 2. The lowest BCUT2D eigenvalue weighted by atomic mass is 10.0. The van der Waals surface area contributed by atoms with Crippen molar-refractivity contribution in [1.29, 1.82) is 5.26 Å². The highest BCUT2D eigenvalue weighted by Crippen LogP contribution is 2.33. The van der Waals surface area contributed by atoms with Crippen LogP contribution in [0.25, 0.3) is 10.9 Å². The van der Waals surface area contributed by atoms with Crippen LogP contribution in [-0.2, 0) is 17.8 Å². The fourth-order valence-electron chi connectivity index (χ4n) is 3.79. The van der Waals surface area contributed by atoms with Crippen molar-refractivity contribution in [3.05, 3.63) is 94.9 Å². The molecule has 0 aliphatic heterocycles. The number of nitrogens with zero attached hydrogens (tertiary/aromatic N) is 2. The number of hydrogen-bond donors (Lipinski definition) is 1. The van der Waals surface area contributed by atoms with E-state index in [0.29, 0.717) is 34.4 Å². The van der Waals surface area contributed by atoms with Crippen molar-refractivity contribution in [2.24, 2.45) is 0 Å². The molecule has 4 aromatic rings. The van der Waals surface area contributed by atoms with Crippen LogP contribution in [-0.4, -0.2) is 15.6 Å². The molecule has 0 amide bonds. The number of halogens is 1. The fourth-order valence-corrected chi connectivity index (χ4v) is 3.79. The normalized spacial score (nSPS) is 10.7. The summed E-state index contributed by atoms with van der Waals surface area (Å²) in [7, 11) is 0. The third-order valence-electron chi connectivity index (χ3n) is 5.28. The number of nitriles is 1. The van der Waals surface area contributed by atoms with Crippen LogP contribution in [0.15, 0.2) is 66.7 Å². The molecule has 0 aliphatic rings. The highest BCUT2D eigenvalue weighted by Gasteiger charge is 2.18. The third-order valence-corrected chi connectivity index (χ3v) is 5.28. The standard InChI is InChI=1S/C25H19FN2O3/c1-16-20(21-13-19(26)10-11-22(21)28(16)15-25(29)30)12-17-6-2-4-8-23(17)31-24-9-5-3-7-18(24)14-27/h2-11,13H,12,15H2,1H3,(H,29,30). The van der Waals surface area contributed by atoms with Crippen molar-refractivity contribution in [2.75, 3.05) is 0 Å². The molecule has 0 saturated heterocycles. The third kappa shape index (κ3) is 3.99. The lowest BCUT2D eigenvalue weighted by Gasteiger charge is -2.13. The van der Waals surface area contributed by atoms with Crippen LogP contribution in [0, 0.1) is 24.1 Å². The van der Waals surface area contributed by atoms with E-state index in [1.165, 1.54) is 12.1 Å². The Bertz CT molecular complexity index is 1330. The minimum atomic E-state index is -0.965. The average Bonchev–Trinajstić information content (AvgIpc) is 3.00. The van der Waals surface area contributed by atoms with Gasteiger partial charge in [-0.25, -0.2) is 4.39 Å². The van der Waals surface area contributed by atoms with Gasteiger partial charge in [-0.1, -0.05) is 30.3 Å². The molecule has 0 spiro atoms. The number of benzene rings is 3. The maximum absolute atomic E-state index is 14.0. The van der Waals surface area contributed by atoms with E-state index in [2.05, 4.69) is 6.07 Å². The van der Waals surface area contributed by atoms with Gasteiger partial charge in [0.1, 0.15) is 29.9 Å². The first-order valence-electron chi connectivity index (χ1n) is 9.72. The number of carbonyl (C=O) groups is 1. The lowest BCUT2D eigenvalue weighted by molar-refractivity contribution is -0.137. The Morgan fingerprint density at radius 3 is 2.55 bits per heavy atom. The molecule has 154 valence electrons. The molecular weight excluding hydrogens is 395 g/mol. The fraction of sp³-hybridized carbons (Fsp3) is 0.120. The largest absolute Gasteiger partial charge is 0.480 e. The van der Waals surface area contributed by atoms with Crippen molar-refractivity contribution in [3.63, 3.8) is 0 Å². The predicted molar refractivity (Wildman–Crippen MR) is 115 cm³/mol. The minimum absolute atomic E-state index is 0.207. The molecule has 3 aromatic carbocycles. The highest BCUT2D eigenvalue weighted by atomic mass is 19.1. The van der Waals surface area contributed by atoms with Crippen LogP contribution in [0.2, 0.25) is 0 Å². The topological polar surface area (TPSA) is 75.2 Å². The summed E-state index contributed by atoms with van der Waals surface area (Å²) >= 11 is 0. The Labute approximate surface area is 178 Å². The molecule has 1 N–H and O–H groups in total. The molecule has 1 heterocycles. The Morgan fingerprint density at radius 2 is 1.81 bits per heavy atom. The second kappa shape index (κ2) is 8.33. The van der Waals surface area contributed by atoms with E-state index < -0.39 is 5.97 Å². The van der Waals surface area contributed by atoms with Crippen molar-refractivity contribution in [1.82, 2.24) is 4.57 Å². The first-order chi connectivity index (χ1) is 15.0. The summed E-state index contributed by atoms with van der Waals surface area (Å²) in [5.41, 5.74) is 3.53. The highest BCUT2D eigenvalue weighted by molar-refractivity contribution is 5.87. The van der Waals surface area contributed by atoms with Crippen molar-refractivity contribution in [2.45, 2.75) is 19.9 Å². The van der Waals surface area contributed by atoms with Crippen molar-refractivity contribution >= 4 is 16.9 Å². The van der Waals surface area contributed by atoms with E-state index in [-0.39, 0.29) is 12.4 Å². The maximum atomic E-state index is 14.0. The van der Waals surface area contributed by atoms with Gasteiger partial charge in [-0.2, -0.15) is 5.26 Å². The molecule has 0 unspecified atom stereocenters. The monoisotopic (exact) mass is 414 g/mol. The number of carboxylic acids is 1. The molecule has 0 atom stereocenters. The molecule has 4 rings (SSSR count). The molecule has 31 heavy (non-hydrogen) atoms. The maximum Gasteiger partial charge on any atom is 0.323 e. The molecule has 0 aliphatic carbocycles. The van der Waals surface area contributed by atoms with E-state index in [0.717, 1.165) is 16.8 Å². The lowest BCUT2D eigenvalue weighted by Crippen LogP contribution is -2.10. The molecule has 0 saturated carbocycles. The predicted octanol–water partition coefficient (Wildman–Crippen LogP) is 5.43. The molecule has 5 nitrogen and oxygen atoms in total. The zero-order chi connectivity index (χ0) is 22.0. The number of fused-ring (bicyclic) bond motifs is 1. The number of carboxylic acid groups (broad SMARTS) is 1. The van der Waals surface area contributed by atoms with Gasteiger partial charge in [0.05, 0.1) is 5.56 Å². The quantitative estimate of drug-likeness (QED) is 0.457. The Balaban J connectivity index is 1.79. The average molecular weight is 414 g/mol. The molecule has 0 bridgehead atoms. The van der Waals surface area contributed by atoms with Gasteiger partial charge >= 0.3 is 5.97 Å². The second-order valence-corrected chi connectivity index (χ2v) is 7.20. The number of aromatic nitrogens is 1. The van der Waals surface area contributed by atoms with Gasteiger partial charge in [0.25, 0.3) is 0 Å². The zero-order valence-corrected chi connectivity index (χ0v) is 16.8. The number of hydrogen-bond acceptors (Lipinski definition) is 3. The number of rotatable bonds is 6. The first-order valence-corrected chi connectivity index (χ1v) is 9.72. The summed E-state index contributed by atoms with van der Waals surface area (Å²) in [5.74, 6) is -0.310. The molecule has 0 radical (unpaired) electrons. The van der Waals surface area contributed by atoms with Gasteiger partial charge in [-0.05, 0) is 54.4 Å². The Kier molecular flexibility index (Phi) is 5.42. The van der Waals surface area contributed by atoms with Gasteiger partial charge in [-0.15, -0.1) is 0 Å². The summed E-state index contributed by atoms with van der Waals surface area (Å²) in [6.45, 7) is 1.63. The summed E-state index contributed by atoms with van der Waals surface area (Å²) in [6.07, 6.45) is 0.420. The van der Waals surface area contributed by atoms with Crippen LogP contribution in [0.1, 0.15) is 22.4 Å². The SMILES string of the molecule is Cc1c(Cc2ccccc2Oc2ccccc2C#N)c2cc(F)ccc2n1CC(=O)O. The van der Waals surface area contributed by atoms with E-state index in [1.807, 2.05) is 31.2 Å². The van der Waals surface area contributed by atoms with E-state index in [9.17, 15) is 19.6 Å². The Morgan fingerprint density at radius 1 is 1.10 bits per heavy atom. The molecule has 0 fully saturated rings. The summed E-state index contributed by atoms with van der Waals surface area (Å²) in [5, 5.41) is 19.3.